The van der Waals surface area contributed by atoms with E-state index in [-0.39, 0.29) is 11.8 Å². The molecule has 25 heavy (non-hydrogen) atoms. The number of imidazole rings is 1. The van der Waals surface area contributed by atoms with Gasteiger partial charge in [-0.1, -0.05) is 33.6 Å². The van der Waals surface area contributed by atoms with Gasteiger partial charge in [-0.25, -0.2) is 4.98 Å². The minimum absolute atomic E-state index is 0.156. The Morgan fingerprint density at radius 1 is 1.12 bits per heavy atom. The maximum atomic E-state index is 12.5. The minimum atomic E-state index is -0.166. The normalized spacial score (nSPS) is 13.6. The quantitative estimate of drug-likeness (QED) is 0.674. The Kier molecular flexibility index (Phi) is 7.47. The van der Waals surface area contributed by atoms with Gasteiger partial charge in [-0.05, 0) is 38.0 Å². The smallest absolute Gasteiger partial charge is 0.287 e. The summed E-state index contributed by atoms with van der Waals surface area (Å²) in [6.45, 7) is 8.46. The van der Waals surface area contributed by atoms with Crippen molar-refractivity contribution in [3.63, 3.8) is 0 Å². The van der Waals surface area contributed by atoms with Crippen LogP contribution in [0.1, 0.15) is 86.1 Å². The lowest BCUT2D eigenvalue weighted by Gasteiger charge is -2.17. The van der Waals surface area contributed by atoms with Crippen LogP contribution >= 0.6 is 0 Å². The first-order chi connectivity index (χ1) is 12.0. The van der Waals surface area contributed by atoms with E-state index < -0.39 is 0 Å². The second kappa shape index (κ2) is 9.59. The summed E-state index contributed by atoms with van der Waals surface area (Å²) in [6, 6.07) is 0. The zero-order chi connectivity index (χ0) is 18.2. The summed E-state index contributed by atoms with van der Waals surface area (Å²) < 4.78 is 1.94. The van der Waals surface area contributed by atoms with Gasteiger partial charge in [0, 0.05) is 19.6 Å². The highest BCUT2D eigenvalue weighted by Gasteiger charge is 2.27. The van der Waals surface area contributed by atoms with Crippen LogP contribution in [0.15, 0.2) is 0 Å². The molecule has 1 aromatic rings. The Labute approximate surface area is 150 Å². The number of aromatic nitrogens is 2. The molecule has 0 saturated carbocycles. The van der Waals surface area contributed by atoms with E-state index in [0.29, 0.717) is 30.5 Å². The van der Waals surface area contributed by atoms with Crippen LogP contribution in [0.3, 0.4) is 0 Å². The van der Waals surface area contributed by atoms with Crippen molar-refractivity contribution in [3.8, 4) is 0 Å². The summed E-state index contributed by atoms with van der Waals surface area (Å²) in [5.74, 6) is 0.609. The van der Waals surface area contributed by atoms with Gasteiger partial charge in [0.05, 0.1) is 5.69 Å². The van der Waals surface area contributed by atoms with E-state index in [1.165, 1.54) is 0 Å². The topological polar surface area (TPSA) is 76.0 Å². The van der Waals surface area contributed by atoms with E-state index in [0.717, 1.165) is 57.2 Å². The first kappa shape index (κ1) is 19.5. The molecule has 2 amide bonds. The van der Waals surface area contributed by atoms with Crippen molar-refractivity contribution in [3.05, 3.63) is 17.2 Å². The number of carbonyl (C=O) groups is 2. The molecule has 1 aliphatic rings. The average Bonchev–Trinajstić information content (AvgIpc) is 2.98. The molecule has 6 heteroatoms. The molecule has 0 saturated heterocycles. The van der Waals surface area contributed by atoms with Crippen molar-refractivity contribution < 1.29 is 9.59 Å². The fourth-order valence-corrected chi connectivity index (χ4v) is 3.11. The first-order valence-corrected chi connectivity index (χ1v) is 9.70. The molecule has 140 valence electrons. The van der Waals surface area contributed by atoms with Gasteiger partial charge >= 0.3 is 0 Å². The summed E-state index contributed by atoms with van der Waals surface area (Å²) in [6.07, 6.45) is 7.00. The highest BCUT2D eigenvalue weighted by Crippen LogP contribution is 2.21. The minimum Gasteiger partial charge on any atom is -0.351 e. The van der Waals surface area contributed by atoms with Crippen LogP contribution in [-0.4, -0.2) is 34.5 Å². The number of amides is 2. The molecule has 0 unspecified atom stereocenters. The van der Waals surface area contributed by atoms with Crippen molar-refractivity contribution in [2.75, 3.05) is 13.1 Å². The molecule has 0 fully saturated rings. The fraction of sp³-hybridized carbons (Fsp3) is 0.737. The Bertz CT molecular complexity index is 592. The lowest BCUT2D eigenvalue weighted by molar-refractivity contribution is 0.0937. The van der Waals surface area contributed by atoms with E-state index >= 15 is 0 Å². The van der Waals surface area contributed by atoms with Crippen LogP contribution in [0.5, 0.6) is 0 Å². The van der Waals surface area contributed by atoms with Crippen LogP contribution in [0.2, 0.25) is 0 Å². The Balaban J connectivity index is 2.09. The average molecular weight is 348 g/mol. The molecule has 2 N–H and O–H groups in total. The summed E-state index contributed by atoms with van der Waals surface area (Å²) in [5, 5.41) is 5.89. The zero-order valence-electron chi connectivity index (χ0n) is 15.9. The molecular formula is C19H32N4O2. The molecular weight excluding hydrogens is 316 g/mol. The Morgan fingerprint density at radius 3 is 2.60 bits per heavy atom. The van der Waals surface area contributed by atoms with E-state index in [1.54, 1.807) is 0 Å². The standard InChI is InChI=1S/C19H32N4O2/c1-4-5-7-11-20-19(25)17-22-16(15-9-6-8-13-23(15)17)18(24)21-12-10-14(2)3/h14H,4-13H2,1-3H3,(H,20,25)(H,21,24). The lowest BCUT2D eigenvalue weighted by Crippen LogP contribution is -2.28. The molecule has 0 spiro atoms. The molecule has 0 radical (unpaired) electrons. The fourth-order valence-electron chi connectivity index (χ4n) is 3.11. The van der Waals surface area contributed by atoms with Crippen molar-refractivity contribution in [2.45, 2.75) is 72.3 Å². The van der Waals surface area contributed by atoms with E-state index in [1.807, 2.05) is 4.57 Å². The highest BCUT2D eigenvalue weighted by molar-refractivity contribution is 5.97. The van der Waals surface area contributed by atoms with Gasteiger partial charge in [0.2, 0.25) is 0 Å². The van der Waals surface area contributed by atoms with E-state index in [2.05, 4.69) is 36.4 Å². The third kappa shape index (κ3) is 5.31. The predicted molar refractivity (Wildman–Crippen MR) is 98.8 cm³/mol. The predicted octanol–water partition coefficient (Wildman–Crippen LogP) is 2.92. The number of hydrogen-bond acceptors (Lipinski definition) is 3. The highest BCUT2D eigenvalue weighted by atomic mass is 16.2. The molecule has 1 aromatic heterocycles. The van der Waals surface area contributed by atoms with Crippen molar-refractivity contribution >= 4 is 11.8 Å². The molecule has 1 aliphatic heterocycles. The first-order valence-electron chi connectivity index (χ1n) is 9.70. The van der Waals surface area contributed by atoms with Crippen LogP contribution < -0.4 is 10.6 Å². The summed E-state index contributed by atoms with van der Waals surface area (Å²) in [4.78, 5) is 29.4. The van der Waals surface area contributed by atoms with Crippen molar-refractivity contribution in [1.82, 2.24) is 20.2 Å². The molecule has 6 nitrogen and oxygen atoms in total. The number of carbonyl (C=O) groups excluding carboxylic acids is 2. The Morgan fingerprint density at radius 2 is 1.88 bits per heavy atom. The molecule has 0 atom stereocenters. The van der Waals surface area contributed by atoms with Gasteiger partial charge < -0.3 is 15.2 Å². The number of nitrogens with zero attached hydrogens (tertiary/aromatic N) is 2. The van der Waals surface area contributed by atoms with Crippen LogP contribution in [-0.2, 0) is 13.0 Å². The maximum Gasteiger partial charge on any atom is 0.287 e. The second-order valence-corrected chi connectivity index (χ2v) is 7.24. The summed E-state index contributed by atoms with van der Waals surface area (Å²) in [7, 11) is 0. The van der Waals surface area contributed by atoms with Gasteiger partial charge in [0.25, 0.3) is 11.8 Å². The van der Waals surface area contributed by atoms with E-state index in [9.17, 15) is 9.59 Å². The third-order valence-electron chi connectivity index (χ3n) is 4.61. The number of hydrogen-bond donors (Lipinski definition) is 2. The largest absolute Gasteiger partial charge is 0.351 e. The van der Waals surface area contributed by atoms with Crippen LogP contribution in [0.25, 0.3) is 0 Å². The molecule has 0 aromatic carbocycles. The lowest BCUT2D eigenvalue weighted by atomic mass is 10.1. The molecule has 0 bridgehead atoms. The third-order valence-corrected chi connectivity index (χ3v) is 4.61. The van der Waals surface area contributed by atoms with Crippen LogP contribution in [0, 0.1) is 5.92 Å². The van der Waals surface area contributed by atoms with Gasteiger partial charge in [-0.3, -0.25) is 9.59 Å². The molecule has 0 aliphatic carbocycles. The van der Waals surface area contributed by atoms with Gasteiger partial charge in [-0.15, -0.1) is 0 Å². The molecule has 2 rings (SSSR count). The van der Waals surface area contributed by atoms with Crippen LogP contribution in [0.4, 0.5) is 0 Å². The van der Waals surface area contributed by atoms with Gasteiger partial charge in [0.15, 0.2) is 5.82 Å². The summed E-state index contributed by atoms with van der Waals surface area (Å²) >= 11 is 0. The maximum absolute atomic E-state index is 12.5. The van der Waals surface area contributed by atoms with Gasteiger partial charge in [-0.2, -0.15) is 0 Å². The number of nitrogens with one attached hydrogen (secondary N) is 2. The van der Waals surface area contributed by atoms with Gasteiger partial charge in [0.1, 0.15) is 5.69 Å². The number of rotatable bonds is 9. The number of fused-ring (bicyclic) bond motifs is 1. The molecule has 2 heterocycles. The SMILES string of the molecule is CCCCCNC(=O)c1nc(C(=O)NCCC(C)C)c2n1CCCC2. The van der Waals surface area contributed by atoms with Crippen molar-refractivity contribution in [1.29, 1.82) is 0 Å². The van der Waals surface area contributed by atoms with Crippen molar-refractivity contribution in [2.24, 2.45) is 5.92 Å². The number of unbranched alkanes of at least 4 members (excludes halogenated alkanes) is 2. The monoisotopic (exact) mass is 348 g/mol. The second-order valence-electron chi connectivity index (χ2n) is 7.24. The summed E-state index contributed by atoms with van der Waals surface area (Å²) in [5.41, 5.74) is 1.34. The van der Waals surface area contributed by atoms with E-state index in [4.69, 9.17) is 0 Å². The zero-order valence-corrected chi connectivity index (χ0v) is 15.9. The Hall–Kier alpha value is -1.85.